The number of hydrogen-bond donors (Lipinski definition) is 2. The molecule has 0 aliphatic heterocycles. The van der Waals surface area contributed by atoms with E-state index in [2.05, 4.69) is 10.2 Å². The normalized spacial score (nSPS) is 12.3. The third kappa shape index (κ3) is 3.03. The van der Waals surface area contributed by atoms with Gasteiger partial charge >= 0.3 is 0 Å². The minimum atomic E-state index is -0.263. The highest BCUT2D eigenvalue weighted by molar-refractivity contribution is 6.30. The van der Waals surface area contributed by atoms with Gasteiger partial charge in [0.1, 0.15) is 5.82 Å². The van der Waals surface area contributed by atoms with Crippen LogP contribution in [0.1, 0.15) is 17.2 Å². The van der Waals surface area contributed by atoms with Crippen molar-refractivity contribution in [2.75, 3.05) is 6.54 Å². The molecule has 0 fully saturated rings. The van der Waals surface area contributed by atoms with E-state index in [4.69, 9.17) is 17.3 Å². The molecule has 22 heavy (non-hydrogen) atoms. The van der Waals surface area contributed by atoms with Gasteiger partial charge in [0.2, 0.25) is 0 Å². The van der Waals surface area contributed by atoms with Crippen molar-refractivity contribution in [3.63, 3.8) is 0 Å². The van der Waals surface area contributed by atoms with Gasteiger partial charge in [-0.25, -0.2) is 4.39 Å². The van der Waals surface area contributed by atoms with Crippen molar-refractivity contribution in [1.82, 2.24) is 10.2 Å². The lowest BCUT2D eigenvalue weighted by Crippen LogP contribution is -2.14. The molecule has 0 amide bonds. The quantitative estimate of drug-likeness (QED) is 0.765. The number of nitrogens with two attached hydrogens (primary N) is 1. The molecule has 0 saturated heterocycles. The molecule has 0 saturated carbocycles. The fourth-order valence-electron chi connectivity index (χ4n) is 2.42. The van der Waals surface area contributed by atoms with Crippen molar-refractivity contribution >= 4 is 11.6 Å². The van der Waals surface area contributed by atoms with Crippen LogP contribution in [0.15, 0.2) is 54.6 Å². The second-order valence-corrected chi connectivity index (χ2v) is 5.49. The minimum Gasteiger partial charge on any atom is -0.329 e. The largest absolute Gasteiger partial charge is 0.329 e. The van der Waals surface area contributed by atoms with E-state index in [-0.39, 0.29) is 11.7 Å². The van der Waals surface area contributed by atoms with Gasteiger partial charge in [0, 0.05) is 28.7 Å². The lowest BCUT2D eigenvalue weighted by Gasteiger charge is -2.13. The molecule has 1 atom stereocenters. The molecular weight excluding hydrogens is 301 g/mol. The molecule has 1 unspecified atom stereocenters. The highest BCUT2D eigenvalue weighted by Gasteiger charge is 2.16. The Labute approximate surface area is 132 Å². The van der Waals surface area contributed by atoms with E-state index in [9.17, 15) is 4.39 Å². The maximum Gasteiger partial charge on any atom is 0.123 e. The Morgan fingerprint density at radius 1 is 1.09 bits per heavy atom. The van der Waals surface area contributed by atoms with Crippen LogP contribution in [-0.2, 0) is 0 Å². The number of nitrogens with one attached hydrogen (secondary N) is 1. The number of halogens is 2. The van der Waals surface area contributed by atoms with E-state index < -0.39 is 0 Å². The highest BCUT2D eigenvalue weighted by atomic mass is 35.5. The highest BCUT2D eigenvalue weighted by Crippen LogP contribution is 2.27. The first kappa shape index (κ1) is 14.8. The maximum atomic E-state index is 13.0. The van der Waals surface area contributed by atoms with Crippen molar-refractivity contribution in [2.24, 2.45) is 5.73 Å². The second-order valence-electron chi connectivity index (χ2n) is 5.06. The predicted molar refractivity (Wildman–Crippen MR) is 86.3 cm³/mol. The van der Waals surface area contributed by atoms with Gasteiger partial charge in [-0.3, -0.25) is 5.10 Å². The Hall–Kier alpha value is -2.17. The third-order valence-corrected chi connectivity index (χ3v) is 3.87. The molecule has 1 heterocycles. The summed E-state index contributed by atoms with van der Waals surface area (Å²) >= 11 is 5.92. The summed E-state index contributed by atoms with van der Waals surface area (Å²) in [6.07, 6.45) is 0. The van der Waals surface area contributed by atoms with Gasteiger partial charge < -0.3 is 5.73 Å². The van der Waals surface area contributed by atoms with Crippen LogP contribution in [0.2, 0.25) is 5.02 Å². The van der Waals surface area contributed by atoms with Crippen molar-refractivity contribution in [1.29, 1.82) is 0 Å². The van der Waals surface area contributed by atoms with E-state index in [1.165, 1.54) is 12.1 Å². The summed E-state index contributed by atoms with van der Waals surface area (Å²) in [5, 5.41) is 8.02. The first-order valence-electron chi connectivity index (χ1n) is 6.94. The van der Waals surface area contributed by atoms with Gasteiger partial charge in [0.25, 0.3) is 0 Å². The van der Waals surface area contributed by atoms with Gasteiger partial charge in [-0.15, -0.1) is 0 Å². The average molecular weight is 316 g/mol. The fourth-order valence-corrected chi connectivity index (χ4v) is 2.55. The number of aromatic nitrogens is 2. The van der Waals surface area contributed by atoms with Gasteiger partial charge in [-0.2, -0.15) is 5.10 Å². The molecule has 3 nitrogen and oxygen atoms in total. The number of hydrogen-bond acceptors (Lipinski definition) is 2. The Balaban J connectivity index is 1.91. The molecule has 3 aromatic rings. The number of H-pyrrole nitrogens is 1. The van der Waals surface area contributed by atoms with Gasteiger partial charge in [-0.1, -0.05) is 23.7 Å². The smallest absolute Gasteiger partial charge is 0.123 e. The van der Waals surface area contributed by atoms with Gasteiger partial charge in [-0.05, 0) is 48.0 Å². The molecule has 0 spiro atoms. The van der Waals surface area contributed by atoms with Crippen LogP contribution in [0.3, 0.4) is 0 Å². The van der Waals surface area contributed by atoms with E-state index in [1.54, 1.807) is 12.1 Å². The molecular formula is C17H15ClFN3. The minimum absolute atomic E-state index is 0.0129. The first-order chi connectivity index (χ1) is 10.7. The van der Waals surface area contributed by atoms with Crippen LogP contribution in [0.4, 0.5) is 4.39 Å². The number of nitrogens with zero attached hydrogens (tertiary/aromatic N) is 1. The van der Waals surface area contributed by atoms with E-state index in [0.29, 0.717) is 11.6 Å². The van der Waals surface area contributed by atoms with Crippen molar-refractivity contribution < 1.29 is 4.39 Å². The number of benzene rings is 2. The summed E-state index contributed by atoms with van der Waals surface area (Å²) in [5.74, 6) is -0.250. The maximum absolute atomic E-state index is 13.0. The summed E-state index contributed by atoms with van der Waals surface area (Å²) in [4.78, 5) is 0. The van der Waals surface area contributed by atoms with Gasteiger partial charge in [0.15, 0.2) is 0 Å². The topological polar surface area (TPSA) is 54.7 Å². The average Bonchev–Trinajstić information content (AvgIpc) is 3.00. The molecule has 0 aliphatic carbocycles. The number of aromatic amines is 1. The van der Waals surface area contributed by atoms with Crippen LogP contribution >= 0.6 is 11.6 Å². The van der Waals surface area contributed by atoms with Crippen LogP contribution in [0, 0.1) is 5.82 Å². The van der Waals surface area contributed by atoms with Gasteiger partial charge in [0.05, 0.1) is 5.69 Å². The van der Waals surface area contributed by atoms with Crippen molar-refractivity contribution in [3.05, 3.63) is 76.7 Å². The third-order valence-electron chi connectivity index (χ3n) is 3.62. The second kappa shape index (κ2) is 6.30. The number of rotatable bonds is 4. The molecule has 1 aromatic heterocycles. The molecule has 0 bridgehead atoms. The molecule has 2 aromatic carbocycles. The summed E-state index contributed by atoms with van der Waals surface area (Å²) in [6.45, 7) is 0.451. The van der Waals surface area contributed by atoms with Crippen LogP contribution in [-0.4, -0.2) is 16.7 Å². The summed E-state index contributed by atoms with van der Waals surface area (Å²) < 4.78 is 13.0. The van der Waals surface area contributed by atoms with Crippen LogP contribution < -0.4 is 5.73 Å². The summed E-state index contributed by atoms with van der Waals surface area (Å²) in [7, 11) is 0. The molecule has 112 valence electrons. The Morgan fingerprint density at radius 2 is 1.77 bits per heavy atom. The monoisotopic (exact) mass is 315 g/mol. The zero-order valence-corrected chi connectivity index (χ0v) is 12.5. The fraction of sp³-hybridized carbons (Fsp3) is 0.118. The molecule has 3 N–H and O–H groups in total. The van der Waals surface area contributed by atoms with E-state index in [0.717, 1.165) is 22.5 Å². The van der Waals surface area contributed by atoms with Crippen molar-refractivity contribution in [2.45, 2.75) is 5.92 Å². The SMILES string of the molecule is NCC(c1ccc(Cl)cc1)c1cc(-c2ccc(F)cc2)n[nH]1. The summed E-state index contributed by atoms with van der Waals surface area (Å²) in [5.41, 5.74) is 9.53. The van der Waals surface area contributed by atoms with Crippen LogP contribution in [0.25, 0.3) is 11.3 Å². The van der Waals surface area contributed by atoms with Crippen LogP contribution in [0.5, 0.6) is 0 Å². The lowest BCUT2D eigenvalue weighted by molar-refractivity contribution is 0.628. The molecule has 0 aliphatic rings. The molecule has 3 rings (SSSR count). The van der Waals surface area contributed by atoms with Crippen molar-refractivity contribution in [3.8, 4) is 11.3 Å². The molecule has 5 heteroatoms. The predicted octanol–water partition coefficient (Wildman–Crippen LogP) is 3.96. The molecule has 0 radical (unpaired) electrons. The standard InChI is InChI=1S/C17H15ClFN3/c18-13-5-1-11(2-6-13)15(10-20)17-9-16(21-22-17)12-3-7-14(19)8-4-12/h1-9,15H,10,20H2,(H,21,22). The lowest BCUT2D eigenvalue weighted by atomic mass is 9.95. The first-order valence-corrected chi connectivity index (χ1v) is 7.32. The Morgan fingerprint density at radius 3 is 2.41 bits per heavy atom. The Bertz CT molecular complexity index is 750. The van der Waals surface area contributed by atoms with E-state index in [1.807, 2.05) is 30.3 Å². The summed E-state index contributed by atoms with van der Waals surface area (Å²) in [6, 6.07) is 15.8. The zero-order chi connectivity index (χ0) is 15.5. The van der Waals surface area contributed by atoms with E-state index >= 15 is 0 Å². The zero-order valence-electron chi connectivity index (χ0n) is 11.8. The Kier molecular flexibility index (Phi) is 4.22.